The van der Waals surface area contributed by atoms with Crippen molar-refractivity contribution >= 4 is 10.0 Å². The summed E-state index contributed by atoms with van der Waals surface area (Å²) >= 11 is 0. The predicted octanol–water partition coefficient (Wildman–Crippen LogP) is 2.51. The second kappa shape index (κ2) is 6.90. The molecule has 0 amide bonds. The molecule has 0 saturated carbocycles. The first kappa shape index (κ1) is 16.8. The van der Waals surface area contributed by atoms with E-state index in [0.29, 0.717) is 11.4 Å². The lowest BCUT2D eigenvalue weighted by atomic mass is 10.0. The number of sulfonamides is 1. The van der Waals surface area contributed by atoms with Gasteiger partial charge < -0.3 is 0 Å². The van der Waals surface area contributed by atoms with Gasteiger partial charge in [0.1, 0.15) is 0 Å². The number of nitrogens with zero attached hydrogens (tertiary/aromatic N) is 1. The van der Waals surface area contributed by atoms with Crippen molar-refractivity contribution in [1.82, 2.24) is 9.62 Å². The van der Waals surface area contributed by atoms with Crippen LogP contribution in [0.25, 0.3) is 0 Å². The van der Waals surface area contributed by atoms with Crippen LogP contribution in [0.2, 0.25) is 0 Å². The van der Waals surface area contributed by atoms with Crippen molar-refractivity contribution in [2.45, 2.75) is 37.1 Å². The lowest BCUT2D eigenvalue weighted by molar-refractivity contribution is 0.258. The van der Waals surface area contributed by atoms with Gasteiger partial charge in [-0.05, 0) is 60.1 Å². The fourth-order valence-electron chi connectivity index (χ4n) is 3.88. The van der Waals surface area contributed by atoms with E-state index in [1.54, 1.807) is 6.07 Å². The highest BCUT2D eigenvalue weighted by Crippen LogP contribution is 2.24. The Hall–Kier alpha value is -1.69. The Labute approximate surface area is 149 Å². The van der Waals surface area contributed by atoms with E-state index in [9.17, 15) is 8.42 Å². The van der Waals surface area contributed by atoms with Crippen LogP contribution >= 0.6 is 0 Å². The van der Waals surface area contributed by atoms with Crippen molar-refractivity contribution in [2.24, 2.45) is 0 Å². The normalized spacial score (nSPS) is 17.3. The third-order valence-corrected chi connectivity index (χ3v) is 6.77. The van der Waals surface area contributed by atoms with Gasteiger partial charge in [-0.25, -0.2) is 13.1 Å². The summed E-state index contributed by atoms with van der Waals surface area (Å²) in [6.07, 6.45) is 4.22. The van der Waals surface area contributed by atoms with Gasteiger partial charge in [-0.2, -0.15) is 0 Å². The van der Waals surface area contributed by atoms with Gasteiger partial charge in [-0.15, -0.1) is 0 Å². The first-order valence-corrected chi connectivity index (χ1v) is 10.5. The van der Waals surface area contributed by atoms with Gasteiger partial charge in [0.15, 0.2) is 0 Å². The molecule has 2 aromatic rings. The highest BCUT2D eigenvalue weighted by molar-refractivity contribution is 7.89. The van der Waals surface area contributed by atoms with Crippen molar-refractivity contribution in [3.05, 3.63) is 64.7 Å². The third-order valence-electron chi connectivity index (χ3n) is 5.31. The Morgan fingerprint density at radius 1 is 0.920 bits per heavy atom. The maximum absolute atomic E-state index is 12.5. The van der Waals surface area contributed by atoms with Crippen LogP contribution in [0.3, 0.4) is 0 Å². The Balaban J connectivity index is 1.35. The molecule has 132 valence electrons. The van der Waals surface area contributed by atoms with Gasteiger partial charge in [0, 0.05) is 26.2 Å². The molecular formula is C20H24N2O2S. The molecule has 0 bridgehead atoms. The second-order valence-electron chi connectivity index (χ2n) is 6.98. The maximum Gasteiger partial charge on any atom is 0.240 e. The first-order valence-electron chi connectivity index (χ1n) is 9.02. The lowest BCUT2D eigenvalue weighted by Gasteiger charge is -2.28. The van der Waals surface area contributed by atoms with Crippen LogP contribution in [-0.2, 0) is 35.8 Å². The molecule has 2 aliphatic rings. The summed E-state index contributed by atoms with van der Waals surface area (Å²) in [5.74, 6) is 0. The van der Waals surface area contributed by atoms with E-state index in [1.807, 2.05) is 12.1 Å². The summed E-state index contributed by atoms with van der Waals surface area (Å²) in [5, 5.41) is 0. The Bertz CT molecular complexity index is 877. The highest BCUT2D eigenvalue weighted by Gasteiger charge is 2.19. The molecule has 0 unspecified atom stereocenters. The van der Waals surface area contributed by atoms with Crippen LogP contribution in [0.5, 0.6) is 0 Å². The second-order valence-corrected chi connectivity index (χ2v) is 8.74. The van der Waals surface area contributed by atoms with Crippen LogP contribution < -0.4 is 4.72 Å². The zero-order valence-electron chi connectivity index (χ0n) is 14.4. The molecule has 1 N–H and O–H groups in total. The van der Waals surface area contributed by atoms with E-state index in [2.05, 4.69) is 33.9 Å². The van der Waals surface area contributed by atoms with Gasteiger partial charge in [-0.3, -0.25) is 4.90 Å². The number of rotatable bonds is 5. The molecule has 0 atom stereocenters. The minimum absolute atomic E-state index is 0.400. The SMILES string of the molecule is O=S(=O)(NCCN1CCc2ccccc2C1)c1ccc2c(c1)CCC2. The summed E-state index contributed by atoms with van der Waals surface area (Å²) in [7, 11) is -3.42. The molecule has 1 heterocycles. The van der Waals surface area contributed by atoms with E-state index in [-0.39, 0.29) is 0 Å². The molecular weight excluding hydrogens is 332 g/mol. The molecule has 4 rings (SSSR count). The van der Waals surface area contributed by atoms with Crippen molar-refractivity contribution < 1.29 is 8.42 Å². The average Bonchev–Trinajstić information content (AvgIpc) is 3.09. The molecule has 0 spiro atoms. The Kier molecular flexibility index (Phi) is 4.63. The third kappa shape index (κ3) is 3.64. The monoisotopic (exact) mass is 356 g/mol. The Morgan fingerprint density at radius 3 is 2.56 bits per heavy atom. The number of benzene rings is 2. The molecule has 5 heteroatoms. The quantitative estimate of drug-likeness (QED) is 0.896. The van der Waals surface area contributed by atoms with Crippen LogP contribution in [0.15, 0.2) is 47.4 Å². The van der Waals surface area contributed by atoms with Crippen molar-refractivity contribution in [2.75, 3.05) is 19.6 Å². The van der Waals surface area contributed by atoms with Gasteiger partial charge in [0.05, 0.1) is 4.90 Å². The van der Waals surface area contributed by atoms with E-state index >= 15 is 0 Å². The van der Waals surface area contributed by atoms with E-state index < -0.39 is 10.0 Å². The summed E-state index contributed by atoms with van der Waals surface area (Å²) in [4.78, 5) is 2.71. The number of nitrogens with one attached hydrogen (secondary N) is 1. The molecule has 0 aromatic heterocycles. The minimum atomic E-state index is -3.42. The smallest absolute Gasteiger partial charge is 0.240 e. The fraction of sp³-hybridized carbons (Fsp3) is 0.400. The van der Waals surface area contributed by atoms with E-state index in [1.165, 1.54) is 22.3 Å². The minimum Gasteiger partial charge on any atom is -0.297 e. The summed E-state index contributed by atoms with van der Waals surface area (Å²) < 4.78 is 27.9. The molecule has 4 nitrogen and oxygen atoms in total. The average molecular weight is 356 g/mol. The van der Waals surface area contributed by atoms with Gasteiger partial charge in [-0.1, -0.05) is 30.3 Å². The Morgan fingerprint density at radius 2 is 1.68 bits per heavy atom. The summed E-state index contributed by atoms with van der Waals surface area (Å²) in [6, 6.07) is 14.1. The summed E-state index contributed by atoms with van der Waals surface area (Å²) in [6.45, 7) is 3.06. The van der Waals surface area contributed by atoms with Gasteiger partial charge >= 0.3 is 0 Å². The van der Waals surface area contributed by atoms with Crippen LogP contribution in [0, 0.1) is 0 Å². The summed E-state index contributed by atoms with van der Waals surface area (Å²) in [5.41, 5.74) is 5.26. The van der Waals surface area contributed by atoms with Crippen LogP contribution in [-0.4, -0.2) is 33.0 Å². The number of hydrogen-bond acceptors (Lipinski definition) is 3. The molecule has 2 aromatic carbocycles. The van der Waals surface area contributed by atoms with Gasteiger partial charge in [0.25, 0.3) is 0 Å². The number of aryl methyl sites for hydroxylation is 2. The van der Waals surface area contributed by atoms with Crippen molar-refractivity contribution in [1.29, 1.82) is 0 Å². The fourth-order valence-corrected chi connectivity index (χ4v) is 4.95. The largest absolute Gasteiger partial charge is 0.297 e. The first-order chi connectivity index (χ1) is 12.1. The molecule has 1 aliphatic heterocycles. The molecule has 1 aliphatic carbocycles. The standard InChI is InChI=1S/C20H24N2O2S/c23-25(24,20-9-8-16-6-3-7-18(16)14-20)21-11-13-22-12-10-17-4-1-2-5-19(17)15-22/h1-2,4-5,8-9,14,21H,3,6-7,10-13,15H2. The molecule has 0 fully saturated rings. The van der Waals surface area contributed by atoms with E-state index in [0.717, 1.165) is 45.3 Å². The zero-order chi connectivity index (χ0) is 17.3. The lowest BCUT2D eigenvalue weighted by Crippen LogP contribution is -2.37. The molecule has 0 saturated heterocycles. The van der Waals surface area contributed by atoms with Crippen LogP contribution in [0.4, 0.5) is 0 Å². The highest BCUT2D eigenvalue weighted by atomic mass is 32.2. The van der Waals surface area contributed by atoms with E-state index in [4.69, 9.17) is 0 Å². The zero-order valence-corrected chi connectivity index (χ0v) is 15.2. The maximum atomic E-state index is 12.5. The van der Waals surface area contributed by atoms with Gasteiger partial charge in [0.2, 0.25) is 10.0 Å². The molecule has 0 radical (unpaired) electrons. The number of fused-ring (bicyclic) bond motifs is 2. The van der Waals surface area contributed by atoms with Crippen LogP contribution in [0.1, 0.15) is 28.7 Å². The molecule has 25 heavy (non-hydrogen) atoms. The van der Waals surface area contributed by atoms with Crippen molar-refractivity contribution in [3.8, 4) is 0 Å². The topological polar surface area (TPSA) is 49.4 Å². The number of hydrogen-bond donors (Lipinski definition) is 1. The van der Waals surface area contributed by atoms with Crippen molar-refractivity contribution in [3.63, 3.8) is 0 Å². The predicted molar refractivity (Wildman–Crippen MR) is 99.1 cm³/mol.